The molecule has 2 saturated heterocycles. The smallest absolute Gasteiger partial charge is 0.319 e. The van der Waals surface area contributed by atoms with Crippen LogP contribution < -0.4 is 0 Å². The lowest BCUT2D eigenvalue weighted by Crippen LogP contribution is -2.48. The monoisotopic (exact) mass is 220 g/mol. The predicted molar refractivity (Wildman–Crippen MR) is 54.2 cm³/mol. The second-order valence-electron chi connectivity index (χ2n) is 3.55. The Kier molecular flexibility index (Phi) is 3.16. The van der Waals surface area contributed by atoms with Gasteiger partial charge in [-0.05, 0) is 12.1 Å². The van der Waals surface area contributed by atoms with Gasteiger partial charge in [-0.2, -0.15) is 0 Å². The highest BCUT2D eigenvalue weighted by atomic mass is 28.5. The van der Waals surface area contributed by atoms with E-state index >= 15 is 0 Å². The van der Waals surface area contributed by atoms with E-state index in [1.807, 2.05) is 0 Å². The van der Waals surface area contributed by atoms with E-state index < -0.39 is 28.6 Å². The van der Waals surface area contributed by atoms with Crippen molar-refractivity contribution in [1.82, 2.24) is 0 Å². The van der Waals surface area contributed by atoms with E-state index in [0.29, 0.717) is 0 Å². The minimum Gasteiger partial charge on any atom is -0.425 e. The maximum atomic E-state index is 5.85. The topological polar surface area (TPSA) is 27.7 Å². The Bertz CT molecular complexity index is 139. The molecule has 0 unspecified atom stereocenters. The molecule has 6 heteroatoms. The summed E-state index contributed by atoms with van der Waals surface area (Å²) < 4.78 is 17.0. The van der Waals surface area contributed by atoms with Crippen LogP contribution in [0.5, 0.6) is 0 Å². The van der Waals surface area contributed by atoms with E-state index in [2.05, 4.69) is 0 Å². The van der Waals surface area contributed by atoms with Crippen LogP contribution in [0.3, 0.4) is 0 Å². The van der Waals surface area contributed by atoms with Crippen LogP contribution in [0.1, 0.15) is 25.7 Å². The van der Waals surface area contributed by atoms with E-state index in [1.165, 1.54) is 37.8 Å². The third-order valence-electron chi connectivity index (χ3n) is 2.68. The quantitative estimate of drug-likeness (QED) is 0.541. The summed E-state index contributed by atoms with van der Waals surface area (Å²) in [5.74, 6) is 0. The Balaban J connectivity index is 1.95. The van der Waals surface area contributed by atoms with Gasteiger partial charge in [0.15, 0.2) is 0 Å². The standard InChI is InChI=1S/C6H16O3Si3/c1-2-4-6-12(5-3-1)8-10-7-11-9-12/h1-6,10-11H2. The second kappa shape index (κ2) is 4.16. The van der Waals surface area contributed by atoms with Crippen molar-refractivity contribution in [3.05, 3.63) is 0 Å². The van der Waals surface area contributed by atoms with Gasteiger partial charge in [0.1, 0.15) is 0 Å². The summed E-state index contributed by atoms with van der Waals surface area (Å²) in [4.78, 5) is 0. The molecule has 0 N–H and O–H groups in total. The zero-order valence-corrected chi connectivity index (χ0v) is 11.2. The third-order valence-corrected chi connectivity index (χ3v) is 11.4. The van der Waals surface area contributed by atoms with Crippen molar-refractivity contribution >= 4 is 28.6 Å². The van der Waals surface area contributed by atoms with Crippen molar-refractivity contribution in [1.29, 1.82) is 0 Å². The Morgan fingerprint density at radius 3 is 2.00 bits per heavy atom. The van der Waals surface area contributed by atoms with Crippen LogP contribution in [0.25, 0.3) is 0 Å². The van der Waals surface area contributed by atoms with Crippen molar-refractivity contribution in [3.63, 3.8) is 0 Å². The van der Waals surface area contributed by atoms with Gasteiger partial charge < -0.3 is 12.3 Å². The number of hydrogen-bond acceptors (Lipinski definition) is 3. The zero-order valence-electron chi connectivity index (χ0n) is 7.38. The fraction of sp³-hybridized carbons (Fsp3) is 1.00. The molecule has 70 valence electrons. The van der Waals surface area contributed by atoms with Gasteiger partial charge in [-0.3, -0.25) is 0 Å². The van der Waals surface area contributed by atoms with Crippen LogP contribution in [0.15, 0.2) is 0 Å². The fourth-order valence-electron chi connectivity index (χ4n) is 1.93. The molecular weight excluding hydrogens is 204 g/mol. The molecule has 0 radical (unpaired) electrons. The SMILES string of the molecule is C1CCC[Si]2(CC1)O[SiH2]O[SiH2]O2. The lowest BCUT2D eigenvalue weighted by molar-refractivity contribution is 0.292. The minimum absolute atomic E-state index is 0.610. The van der Waals surface area contributed by atoms with Crippen LogP contribution in [0, 0.1) is 0 Å². The Morgan fingerprint density at radius 1 is 0.833 bits per heavy atom. The molecule has 2 aliphatic rings. The Hall–Kier alpha value is 0.531. The summed E-state index contributed by atoms with van der Waals surface area (Å²) >= 11 is 0. The molecule has 0 aromatic rings. The van der Waals surface area contributed by atoms with Crippen LogP contribution in [0.2, 0.25) is 12.1 Å². The van der Waals surface area contributed by atoms with E-state index in [-0.39, 0.29) is 0 Å². The molecule has 0 aliphatic carbocycles. The van der Waals surface area contributed by atoms with Gasteiger partial charge in [-0.1, -0.05) is 25.7 Å². The molecule has 0 bridgehead atoms. The largest absolute Gasteiger partial charge is 0.425 e. The van der Waals surface area contributed by atoms with Gasteiger partial charge in [0, 0.05) is 0 Å². The molecule has 2 fully saturated rings. The highest BCUT2D eigenvalue weighted by molar-refractivity contribution is 6.76. The molecule has 1 spiro atoms. The molecule has 0 amide bonds. The van der Waals surface area contributed by atoms with E-state index in [9.17, 15) is 0 Å². The van der Waals surface area contributed by atoms with Crippen molar-refractivity contribution < 1.29 is 12.3 Å². The van der Waals surface area contributed by atoms with E-state index in [0.717, 1.165) is 0 Å². The van der Waals surface area contributed by atoms with E-state index in [1.54, 1.807) is 0 Å². The van der Waals surface area contributed by atoms with Crippen LogP contribution >= 0.6 is 0 Å². The summed E-state index contributed by atoms with van der Waals surface area (Å²) in [7, 11) is -2.84. The molecular formula is C6H16O3Si3. The van der Waals surface area contributed by atoms with Crippen molar-refractivity contribution in [3.8, 4) is 0 Å². The highest BCUT2D eigenvalue weighted by Crippen LogP contribution is 2.29. The van der Waals surface area contributed by atoms with Crippen LogP contribution in [-0.2, 0) is 12.3 Å². The minimum atomic E-state index is -1.62. The first-order chi connectivity index (χ1) is 5.91. The van der Waals surface area contributed by atoms with Gasteiger partial charge in [0.2, 0.25) is 0 Å². The molecule has 2 heterocycles. The highest BCUT2D eigenvalue weighted by Gasteiger charge is 2.39. The predicted octanol–water partition coefficient (Wildman–Crippen LogP) is 0.0636. The summed E-state index contributed by atoms with van der Waals surface area (Å²) in [6.45, 7) is 0. The lowest BCUT2D eigenvalue weighted by atomic mass is 10.2. The summed E-state index contributed by atoms with van der Waals surface area (Å²) in [5, 5.41) is 0. The maximum absolute atomic E-state index is 5.85. The van der Waals surface area contributed by atoms with Crippen molar-refractivity contribution in [2.45, 2.75) is 37.8 Å². The Labute approximate surface area is 79.2 Å². The van der Waals surface area contributed by atoms with Crippen LogP contribution in [-0.4, -0.2) is 28.6 Å². The van der Waals surface area contributed by atoms with Gasteiger partial charge in [-0.25, -0.2) is 0 Å². The molecule has 2 rings (SSSR count). The number of hydrogen-bond donors (Lipinski definition) is 0. The third kappa shape index (κ3) is 2.06. The molecule has 0 aromatic carbocycles. The fourth-order valence-corrected chi connectivity index (χ4v) is 11.3. The van der Waals surface area contributed by atoms with E-state index in [4.69, 9.17) is 12.3 Å². The zero-order chi connectivity index (χ0) is 8.28. The average molecular weight is 220 g/mol. The maximum Gasteiger partial charge on any atom is 0.319 e. The first-order valence-corrected chi connectivity index (χ1v) is 9.31. The van der Waals surface area contributed by atoms with Crippen molar-refractivity contribution in [2.24, 2.45) is 0 Å². The molecule has 0 aromatic heterocycles. The molecule has 12 heavy (non-hydrogen) atoms. The normalized spacial score (nSPS) is 34.0. The summed E-state index contributed by atoms with van der Waals surface area (Å²) in [5.41, 5.74) is 0. The van der Waals surface area contributed by atoms with Crippen LogP contribution in [0.4, 0.5) is 0 Å². The van der Waals surface area contributed by atoms with Gasteiger partial charge >= 0.3 is 8.56 Å². The summed E-state index contributed by atoms with van der Waals surface area (Å²) in [6, 6.07) is 2.49. The average Bonchev–Trinajstić information content (AvgIpc) is 2.33. The van der Waals surface area contributed by atoms with Gasteiger partial charge in [0.05, 0.1) is 0 Å². The van der Waals surface area contributed by atoms with Crippen molar-refractivity contribution in [2.75, 3.05) is 0 Å². The Morgan fingerprint density at radius 2 is 1.42 bits per heavy atom. The molecule has 2 aliphatic heterocycles. The summed E-state index contributed by atoms with van der Waals surface area (Å²) in [6.07, 6.45) is 5.42. The number of rotatable bonds is 0. The first-order valence-electron chi connectivity index (χ1n) is 4.77. The van der Waals surface area contributed by atoms with Gasteiger partial charge in [0.25, 0.3) is 20.0 Å². The second-order valence-corrected chi connectivity index (χ2v) is 10.8. The molecule has 3 nitrogen and oxygen atoms in total. The lowest BCUT2D eigenvalue weighted by Gasteiger charge is -2.34. The molecule has 0 saturated carbocycles. The van der Waals surface area contributed by atoms with Gasteiger partial charge in [-0.15, -0.1) is 0 Å². The first kappa shape index (κ1) is 9.10. The molecule has 0 atom stereocenters.